The first-order chi connectivity index (χ1) is 8.74. The number of ether oxygens (including phenoxy) is 2. The molecule has 1 saturated heterocycles. The van der Waals surface area contributed by atoms with Crippen molar-refractivity contribution in [2.45, 2.75) is 12.7 Å². The van der Waals surface area contributed by atoms with Crippen LogP contribution in [0.1, 0.15) is 17.0 Å². The maximum absolute atomic E-state index is 13.4. The van der Waals surface area contributed by atoms with Gasteiger partial charge in [-0.3, -0.25) is 4.79 Å². The fourth-order valence-corrected chi connectivity index (χ4v) is 1.94. The smallest absolute Gasteiger partial charge is 0.203 e. The van der Waals surface area contributed by atoms with E-state index in [1.165, 1.54) is 12.1 Å². The molecule has 1 aliphatic rings. The van der Waals surface area contributed by atoms with E-state index < -0.39 is 12.1 Å². The van der Waals surface area contributed by atoms with E-state index in [1.54, 1.807) is 12.1 Å². The number of ketones is 1. The van der Waals surface area contributed by atoms with Gasteiger partial charge in [-0.25, -0.2) is 4.39 Å². The molecule has 1 aromatic heterocycles. The van der Waals surface area contributed by atoms with Crippen LogP contribution in [0.4, 0.5) is 4.39 Å². The monoisotopic (exact) mass is 250 g/mol. The topological polar surface area (TPSA) is 48.7 Å². The zero-order valence-electron chi connectivity index (χ0n) is 9.52. The Morgan fingerprint density at radius 1 is 1.33 bits per heavy atom. The summed E-state index contributed by atoms with van der Waals surface area (Å²) in [6.45, 7) is 0.986. The lowest BCUT2D eigenvalue weighted by Crippen LogP contribution is -2.13. The van der Waals surface area contributed by atoms with Crippen molar-refractivity contribution >= 4 is 16.8 Å². The van der Waals surface area contributed by atoms with Crippen molar-refractivity contribution in [1.82, 2.24) is 0 Å². The van der Waals surface area contributed by atoms with E-state index in [9.17, 15) is 9.18 Å². The number of fused-ring (bicyclic) bond motifs is 1. The van der Waals surface area contributed by atoms with Crippen LogP contribution < -0.4 is 0 Å². The van der Waals surface area contributed by atoms with Gasteiger partial charge < -0.3 is 13.9 Å². The molecule has 94 valence electrons. The number of hydrogen-bond donors (Lipinski definition) is 0. The number of carbonyl (C=O) groups excluding carboxylic acids is 1. The Morgan fingerprint density at radius 2 is 2.11 bits per heavy atom. The summed E-state index contributed by atoms with van der Waals surface area (Å²) in [4.78, 5) is 11.9. The van der Waals surface area contributed by atoms with Crippen molar-refractivity contribution in [3.8, 4) is 0 Å². The van der Waals surface area contributed by atoms with Crippen molar-refractivity contribution in [3.63, 3.8) is 0 Å². The Bertz CT molecular complexity index is 584. The van der Waals surface area contributed by atoms with Crippen molar-refractivity contribution < 1.29 is 23.1 Å². The number of furan rings is 1. The highest BCUT2D eigenvalue weighted by molar-refractivity contribution is 5.97. The van der Waals surface area contributed by atoms with Crippen molar-refractivity contribution in [2.24, 2.45) is 0 Å². The molecule has 1 aromatic carbocycles. The zero-order valence-corrected chi connectivity index (χ0v) is 9.52. The summed E-state index contributed by atoms with van der Waals surface area (Å²) in [6, 6.07) is 6.10. The minimum atomic E-state index is -0.518. The number of para-hydroxylation sites is 1. The second-order valence-electron chi connectivity index (χ2n) is 4.07. The zero-order chi connectivity index (χ0) is 12.5. The number of benzene rings is 1. The van der Waals surface area contributed by atoms with E-state index in [0.717, 1.165) is 0 Å². The summed E-state index contributed by atoms with van der Waals surface area (Å²) in [6.07, 6.45) is -0.433. The highest BCUT2D eigenvalue weighted by Crippen LogP contribution is 2.23. The lowest BCUT2D eigenvalue weighted by atomic mass is 10.2. The predicted octanol–water partition coefficient (Wildman–Crippen LogP) is 2.52. The molecule has 0 radical (unpaired) electrons. The molecular weight excluding hydrogens is 239 g/mol. The van der Waals surface area contributed by atoms with Gasteiger partial charge in [0, 0.05) is 5.39 Å². The summed E-state index contributed by atoms with van der Waals surface area (Å²) in [5, 5.41) is 0.576. The number of hydrogen-bond acceptors (Lipinski definition) is 4. The van der Waals surface area contributed by atoms with Gasteiger partial charge in [0.1, 0.15) is 0 Å². The normalized spacial score (nSPS) is 16.5. The molecule has 0 amide bonds. The molecule has 0 bridgehead atoms. The molecule has 0 aliphatic carbocycles. The molecule has 1 fully saturated rings. The van der Waals surface area contributed by atoms with Crippen LogP contribution in [-0.4, -0.2) is 25.3 Å². The van der Waals surface area contributed by atoms with Gasteiger partial charge in [-0.05, 0) is 12.1 Å². The Kier molecular flexibility index (Phi) is 2.85. The van der Waals surface area contributed by atoms with Gasteiger partial charge in [-0.1, -0.05) is 12.1 Å². The molecule has 2 heterocycles. The molecule has 3 rings (SSSR count). The van der Waals surface area contributed by atoms with Gasteiger partial charge in [0.2, 0.25) is 5.78 Å². The van der Waals surface area contributed by atoms with Gasteiger partial charge in [-0.2, -0.15) is 0 Å². The Morgan fingerprint density at radius 3 is 2.83 bits per heavy atom. The fourth-order valence-electron chi connectivity index (χ4n) is 1.94. The second-order valence-corrected chi connectivity index (χ2v) is 4.07. The van der Waals surface area contributed by atoms with Crippen LogP contribution in [0.5, 0.6) is 0 Å². The molecule has 4 nitrogen and oxygen atoms in total. The summed E-state index contributed by atoms with van der Waals surface area (Å²) in [7, 11) is 0. The third-order valence-electron chi connectivity index (χ3n) is 2.81. The van der Waals surface area contributed by atoms with Crippen molar-refractivity contribution in [1.29, 1.82) is 0 Å². The first-order valence-electron chi connectivity index (χ1n) is 5.68. The van der Waals surface area contributed by atoms with Gasteiger partial charge in [0.15, 0.2) is 23.5 Å². The van der Waals surface area contributed by atoms with Gasteiger partial charge >= 0.3 is 0 Å². The standard InChI is InChI=1S/C13H11FO4/c14-9-3-1-2-8-6-11(18-13(8)9)10(15)7-12-16-4-5-17-12/h1-3,6,12H,4-5,7H2. The highest BCUT2D eigenvalue weighted by atomic mass is 19.1. The SMILES string of the molecule is O=C(CC1OCCO1)c1cc2cccc(F)c2o1. The van der Waals surface area contributed by atoms with Gasteiger partial charge in [0.05, 0.1) is 19.6 Å². The van der Waals surface area contributed by atoms with Crippen molar-refractivity contribution in [3.05, 3.63) is 35.8 Å². The average molecular weight is 250 g/mol. The van der Waals surface area contributed by atoms with E-state index in [-0.39, 0.29) is 23.5 Å². The molecule has 0 saturated carbocycles. The lowest BCUT2D eigenvalue weighted by Gasteiger charge is -2.05. The molecule has 2 aromatic rings. The minimum Gasteiger partial charge on any atom is -0.450 e. The molecular formula is C13H11FO4. The second kappa shape index (κ2) is 4.51. The summed E-state index contributed by atoms with van der Waals surface area (Å²) < 4.78 is 29.0. The van der Waals surface area contributed by atoms with Crippen molar-refractivity contribution in [2.75, 3.05) is 13.2 Å². The minimum absolute atomic E-state index is 0.0848. The predicted molar refractivity (Wildman–Crippen MR) is 60.8 cm³/mol. The average Bonchev–Trinajstić information content (AvgIpc) is 2.97. The number of halogens is 1. The van der Waals surface area contributed by atoms with E-state index in [1.807, 2.05) is 0 Å². The third kappa shape index (κ3) is 2.02. The fraction of sp³-hybridized carbons (Fsp3) is 0.308. The van der Waals surface area contributed by atoms with Gasteiger partial charge in [0.25, 0.3) is 0 Å². The number of rotatable bonds is 3. The molecule has 18 heavy (non-hydrogen) atoms. The van der Waals surface area contributed by atoms with Crippen LogP contribution in [0.3, 0.4) is 0 Å². The lowest BCUT2D eigenvalue weighted by molar-refractivity contribution is -0.0411. The highest BCUT2D eigenvalue weighted by Gasteiger charge is 2.23. The summed E-state index contributed by atoms with van der Waals surface area (Å²) >= 11 is 0. The molecule has 0 unspecified atom stereocenters. The Hall–Kier alpha value is -1.72. The molecule has 0 spiro atoms. The van der Waals surface area contributed by atoms with Crippen LogP contribution in [0.25, 0.3) is 11.0 Å². The Labute approximate surface area is 102 Å². The molecule has 1 aliphatic heterocycles. The number of Topliss-reactive ketones (excluding diaryl/α,β-unsaturated/α-hetero) is 1. The van der Waals surface area contributed by atoms with E-state index in [0.29, 0.717) is 18.6 Å². The van der Waals surface area contributed by atoms with Crippen LogP contribution in [0, 0.1) is 5.82 Å². The largest absolute Gasteiger partial charge is 0.450 e. The maximum Gasteiger partial charge on any atom is 0.203 e. The first kappa shape index (κ1) is 11.4. The van der Waals surface area contributed by atoms with E-state index in [4.69, 9.17) is 13.9 Å². The quantitative estimate of drug-likeness (QED) is 0.785. The van der Waals surface area contributed by atoms with Crippen LogP contribution in [0.15, 0.2) is 28.7 Å². The maximum atomic E-state index is 13.4. The van der Waals surface area contributed by atoms with E-state index in [2.05, 4.69) is 0 Å². The third-order valence-corrected chi connectivity index (χ3v) is 2.81. The first-order valence-corrected chi connectivity index (χ1v) is 5.68. The summed E-state index contributed by atoms with van der Waals surface area (Å²) in [5.74, 6) is -0.591. The Balaban J connectivity index is 1.85. The van der Waals surface area contributed by atoms with E-state index >= 15 is 0 Å². The van der Waals surface area contributed by atoms with Crippen LogP contribution in [-0.2, 0) is 9.47 Å². The summed E-state index contributed by atoms with van der Waals surface area (Å²) in [5.41, 5.74) is 0.106. The number of carbonyl (C=O) groups is 1. The molecule has 0 N–H and O–H groups in total. The van der Waals surface area contributed by atoms with Crippen LogP contribution >= 0.6 is 0 Å². The van der Waals surface area contributed by atoms with Crippen LogP contribution in [0.2, 0.25) is 0 Å². The molecule has 0 atom stereocenters. The molecule has 5 heteroatoms. The van der Waals surface area contributed by atoms with Gasteiger partial charge in [-0.15, -0.1) is 0 Å².